The number of nitrogens with zero attached hydrogens (tertiary/aromatic N) is 2. The summed E-state index contributed by atoms with van der Waals surface area (Å²) in [5.41, 5.74) is 1.56. The van der Waals surface area contributed by atoms with E-state index < -0.39 is 0 Å². The predicted octanol–water partition coefficient (Wildman–Crippen LogP) is 2.59. The molecule has 1 N–H and O–H groups in total. The van der Waals surface area contributed by atoms with E-state index in [1.54, 1.807) is 6.20 Å². The fourth-order valence-electron chi connectivity index (χ4n) is 2.29. The van der Waals surface area contributed by atoms with Crippen LogP contribution in [0, 0.1) is 0 Å². The third-order valence-corrected chi connectivity index (χ3v) is 3.91. The number of amides is 1. The molecule has 0 bridgehead atoms. The standard InChI is InChI=1S/C15H14ClN3O/c16-12-3-1-2-11(8-12)15(4-5-15)10-19-14(20)13-9-17-6-7-18-13/h1-3,6-9H,4-5,10H2,(H,19,20). The van der Waals surface area contributed by atoms with Gasteiger partial charge in [-0.3, -0.25) is 9.78 Å². The highest BCUT2D eigenvalue weighted by Crippen LogP contribution is 2.48. The van der Waals surface area contributed by atoms with E-state index in [9.17, 15) is 4.79 Å². The molecule has 1 saturated carbocycles. The lowest BCUT2D eigenvalue weighted by Crippen LogP contribution is -2.32. The number of carbonyl (C=O) groups is 1. The van der Waals surface area contributed by atoms with E-state index in [0.29, 0.717) is 12.2 Å². The van der Waals surface area contributed by atoms with Crippen molar-refractivity contribution in [3.05, 3.63) is 59.1 Å². The summed E-state index contributed by atoms with van der Waals surface area (Å²) in [5.74, 6) is -0.189. The Hall–Kier alpha value is -1.94. The molecule has 1 amide bonds. The van der Waals surface area contributed by atoms with E-state index in [1.807, 2.05) is 18.2 Å². The summed E-state index contributed by atoms with van der Waals surface area (Å²) in [5, 5.41) is 3.67. The number of carbonyl (C=O) groups excluding carboxylic acids is 1. The fourth-order valence-corrected chi connectivity index (χ4v) is 2.48. The Morgan fingerprint density at radius 3 is 2.85 bits per heavy atom. The van der Waals surface area contributed by atoms with Crippen LogP contribution in [0.2, 0.25) is 5.02 Å². The van der Waals surface area contributed by atoms with Crippen molar-refractivity contribution in [1.82, 2.24) is 15.3 Å². The van der Waals surface area contributed by atoms with Gasteiger partial charge in [0, 0.05) is 29.4 Å². The Balaban J connectivity index is 1.68. The van der Waals surface area contributed by atoms with Crippen LogP contribution < -0.4 is 5.32 Å². The molecule has 0 saturated heterocycles. The van der Waals surface area contributed by atoms with Crippen molar-refractivity contribution < 1.29 is 4.79 Å². The Bertz CT molecular complexity index is 626. The maximum absolute atomic E-state index is 12.0. The first kappa shape index (κ1) is 13.1. The third kappa shape index (κ3) is 2.65. The van der Waals surface area contributed by atoms with Crippen molar-refractivity contribution in [3.63, 3.8) is 0 Å². The van der Waals surface area contributed by atoms with Crippen LogP contribution in [0.4, 0.5) is 0 Å². The van der Waals surface area contributed by atoms with Crippen LogP contribution in [0.1, 0.15) is 28.9 Å². The predicted molar refractivity (Wildman–Crippen MR) is 76.7 cm³/mol. The lowest BCUT2D eigenvalue weighted by Gasteiger charge is -2.16. The Kier molecular flexibility index (Phi) is 3.40. The summed E-state index contributed by atoms with van der Waals surface area (Å²) in [6.07, 6.45) is 6.65. The van der Waals surface area contributed by atoms with E-state index in [2.05, 4.69) is 21.4 Å². The van der Waals surface area contributed by atoms with Crippen molar-refractivity contribution >= 4 is 17.5 Å². The van der Waals surface area contributed by atoms with Crippen LogP contribution >= 0.6 is 11.6 Å². The second kappa shape index (κ2) is 5.21. The second-order valence-electron chi connectivity index (χ2n) is 5.06. The summed E-state index contributed by atoms with van der Waals surface area (Å²) >= 11 is 6.03. The summed E-state index contributed by atoms with van der Waals surface area (Å²) in [7, 11) is 0. The van der Waals surface area contributed by atoms with E-state index in [1.165, 1.54) is 18.0 Å². The fraction of sp³-hybridized carbons (Fsp3) is 0.267. The maximum Gasteiger partial charge on any atom is 0.271 e. The van der Waals surface area contributed by atoms with Crippen molar-refractivity contribution in [2.45, 2.75) is 18.3 Å². The topological polar surface area (TPSA) is 54.9 Å². The van der Waals surface area contributed by atoms with Gasteiger partial charge in [-0.1, -0.05) is 23.7 Å². The molecule has 1 heterocycles. The van der Waals surface area contributed by atoms with Crippen molar-refractivity contribution in [1.29, 1.82) is 0 Å². The smallest absolute Gasteiger partial charge is 0.271 e. The quantitative estimate of drug-likeness (QED) is 0.940. The van der Waals surface area contributed by atoms with Crippen LogP contribution in [-0.4, -0.2) is 22.4 Å². The minimum atomic E-state index is -0.189. The average molecular weight is 288 g/mol. The molecular weight excluding hydrogens is 274 g/mol. The molecule has 1 aromatic carbocycles. The first-order valence-electron chi connectivity index (χ1n) is 6.50. The van der Waals surface area contributed by atoms with Gasteiger partial charge in [-0.15, -0.1) is 0 Å². The summed E-state index contributed by atoms with van der Waals surface area (Å²) in [6.45, 7) is 0.600. The van der Waals surface area contributed by atoms with Gasteiger partial charge in [-0.25, -0.2) is 4.98 Å². The molecule has 20 heavy (non-hydrogen) atoms. The molecule has 1 aromatic heterocycles. The van der Waals surface area contributed by atoms with Crippen LogP contribution in [0.3, 0.4) is 0 Å². The van der Waals surface area contributed by atoms with Crippen LogP contribution in [0.25, 0.3) is 0 Å². The third-order valence-electron chi connectivity index (χ3n) is 3.67. The molecule has 0 aliphatic heterocycles. The average Bonchev–Trinajstić information content (AvgIpc) is 3.27. The number of benzene rings is 1. The zero-order valence-corrected chi connectivity index (χ0v) is 11.6. The molecule has 0 radical (unpaired) electrons. The molecule has 2 aromatic rings. The highest BCUT2D eigenvalue weighted by atomic mass is 35.5. The minimum Gasteiger partial charge on any atom is -0.350 e. The molecule has 5 heteroatoms. The molecule has 1 fully saturated rings. The molecule has 0 spiro atoms. The van der Waals surface area contributed by atoms with Gasteiger partial charge in [0.15, 0.2) is 0 Å². The van der Waals surface area contributed by atoms with Gasteiger partial charge in [0.1, 0.15) is 5.69 Å². The number of hydrogen-bond donors (Lipinski definition) is 1. The molecule has 102 valence electrons. The van der Waals surface area contributed by atoms with Crippen LogP contribution in [0.15, 0.2) is 42.9 Å². The van der Waals surface area contributed by atoms with Gasteiger partial charge in [0.05, 0.1) is 6.20 Å². The van der Waals surface area contributed by atoms with Crippen molar-refractivity contribution in [2.24, 2.45) is 0 Å². The van der Waals surface area contributed by atoms with E-state index in [0.717, 1.165) is 17.9 Å². The maximum atomic E-state index is 12.0. The first-order chi connectivity index (χ1) is 9.70. The Labute approximate surface area is 122 Å². The van der Waals surface area contributed by atoms with E-state index >= 15 is 0 Å². The van der Waals surface area contributed by atoms with Gasteiger partial charge in [-0.05, 0) is 30.5 Å². The second-order valence-corrected chi connectivity index (χ2v) is 5.50. The Morgan fingerprint density at radius 2 is 2.20 bits per heavy atom. The van der Waals surface area contributed by atoms with Crippen LogP contribution in [-0.2, 0) is 5.41 Å². The molecule has 1 aliphatic rings. The minimum absolute atomic E-state index is 0.0305. The first-order valence-corrected chi connectivity index (χ1v) is 6.88. The van der Waals surface area contributed by atoms with Gasteiger partial charge in [0.2, 0.25) is 0 Å². The normalized spacial score (nSPS) is 15.7. The zero-order valence-electron chi connectivity index (χ0n) is 10.8. The van der Waals surface area contributed by atoms with Crippen molar-refractivity contribution in [2.75, 3.05) is 6.54 Å². The molecule has 0 atom stereocenters. The van der Waals surface area contributed by atoms with Crippen molar-refractivity contribution in [3.8, 4) is 0 Å². The SMILES string of the molecule is O=C(NCC1(c2cccc(Cl)c2)CC1)c1cnccn1. The van der Waals surface area contributed by atoms with Gasteiger partial charge < -0.3 is 5.32 Å². The number of aromatic nitrogens is 2. The molecule has 1 aliphatic carbocycles. The largest absolute Gasteiger partial charge is 0.350 e. The lowest BCUT2D eigenvalue weighted by molar-refractivity contribution is 0.0944. The number of nitrogens with one attached hydrogen (secondary N) is 1. The summed E-state index contributed by atoms with van der Waals surface area (Å²) in [4.78, 5) is 19.9. The molecule has 3 rings (SSSR count). The van der Waals surface area contributed by atoms with E-state index in [-0.39, 0.29) is 11.3 Å². The highest BCUT2D eigenvalue weighted by Gasteiger charge is 2.44. The van der Waals surface area contributed by atoms with Gasteiger partial charge in [-0.2, -0.15) is 0 Å². The lowest BCUT2D eigenvalue weighted by atomic mass is 9.96. The summed E-state index contributed by atoms with van der Waals surface area (Å²) < 4.78 is 0. The number of hydrogen-bond acceptors (Lipinski definition) is 3. The molecule has 4 nitrogen and oxygen atoms in total. The highest BCUT2D eigenvalue weighted by molar-refractivity contribution is 6.30. The molecule has 0 unspecified atom stereocenters. The zero-order chi connectivity index (χ0) is 14.0. The monoisotopic (exact) mass is 287 g/mol. The Morgan fingerprint density at radius 1 is 1.35 bits per heavy atom. The number of halogens is 1. The number of rotatable bonds is 4. The van der Waals surface area contributed by atoms with Gasteiger partial charge >= 0.3 is 0 Å². The van der Waals surface area contributed by atoms with E-state index in [4.69, 9.17) is 11.6 Å². The van der Waals surface area contributed by atoms with Gasteiger partial charge in [0.25, 0.3) is 5.91 Å². The summed E-state index contributed by atoms with van der Waals surface area (Å²) in [6, 6.07) is 7.85. The molecular formula is C15H14ClN3O. The van der Waals surface area contributed by atoms with Crippen LogP contribution in [0.5, 0.6) is 0 Å².